The maximum Gasteiger partial charge on any atom is 0.504 e. The standard InChI is InChI=1S/C26H24F4N4O/c1-16(33-24(35)21-12-32-34(13-21)26(28,29)30)17-2-4-18(5-3-17)23(19-6-8-22(27)9-7-19)20-10-25(11-20)14-31-15-25/h2-9,12-13,16,31H,10-11,14-15H2,1H3,(H,33,35)/t16-/m1/s1. The first-order valence-corrected chi connectivity index (χ1v) is 11.4. The summed E-state index contributed by atoms with van der Waals surface area (Å²) in [6.45, 7) is 3.80. The Morgan fingerprint density at radius 2 is 1.63 bits per heavy atom. The number of carbonyl (C=O) groups is 1. The second-order valence-corrected chi connectivity index (χ2v) is 9.40. The Kier molecular flexibility index (Phi) is 5.75. The van der Waals surface area contributed by atoms with Gasteiger partial charge in [-0.1, -0.05) is 42.0 Å². The lowest BCUT2D eigenvalue weighted by molar-refractivity contribution is -0.212. The van der Waals surface area contributed by atoms with Crippen molar-refractivity contribution in [1.29, 1.82) is 0 Å². The molecule has 1 aliphatic carbocycles. The quantitative estimate of drug-likeness (QED) is 0.491. The van der Waals surface area contributed by atoms with E-state index in [9.17, 15) is 22.4 Å². The minimum atomic E-state index is -4.67. The van der Waals surface area contributed by atoms with E-state index in [1.54, 1.807) is 19.1 Å². The second-order valence-electron chi connectivity index (χ2n) is 9.40. The highest BCUT2D eigenvalue weighted by Gasteiger charge is 2.46. The van der Waals surface area contributed by atoms with Crippen LogP contribution < -0.4 is 10.6 Å². The molecule has 35 heavy (non-hydrogen) atoms. The number of alkyl halides is 3. The van der Waals surface area contributed by atoms with E-state index in [1.165, 1.54) is 17.7 Å². The van der Waals surface area contributed by atoms with Crippen LogP contribution in [0.1, 0.15) is 52.9 Å². The number of halogens is 4. The van der Waals surface area contributed by atoms with Gasteiger partial charge in [0.1, 0.15) is 5.82 Å². The first-order chi connectivity index (χ1) is 16.6. The molecule has 2 heterocycles. The molecule has 1 saturated heterocycles. The van der Waals surface area contributed by atoms with E-state index >= 15 is 0 Å². The molecule has 2 fully saturated rings. The summed E-state index contributed by atoms with van der Waals surface area (Å²) in [5, 5.41) is 9.26. The Morgan fingerprint density at radius 1 is 1.03 bits per heavy atom. The van der Waals surface area contributed by atoms with E-state index < -0.39 is 18.2 Å². The lowest BCUT2D eigenvalue weighted by Gasteiger charge is -2.52. The van der Waals surface area contributed by atoms with Gasteiger partial charge in [-0.25, -0.2) is 4.39 Å². The summed E-state index contributed by atoms with van der Waals surface area (Å²) in [5.74, 6) is -0.924. The summed E-state index contributed by atoms with van der Waals surface area (Å²) in [4.78, 5) is 12.4. The van der Waals surface area contributed by atoms with Gasteiger partial charge < -0.3 is 10.6 Å². The van der Waals surface area contributed by atoms with E-state index in [-0.39, 0.29) is 16.1 Å². The van der Waals surface area contributed by atoms with Crippen molar-refractivity contribution in [3.05, 3.63) is 94.6 Å². The number of nitrogens with one attached hydrogen (secondary N) is 2. The normalized spacial score (nSPS) is 17.5. The molecule has 1 aromatic heterocycles. The van der Waals surface area contributed by atoms with Gasteiger partial charge in [0.15, 0.2) is 0 Å². The number of hydrogen-bond acceptors (Lipinski definition) is 3. The van der Waals surface area contributed by atoms with E-state index in [0.717, 1.165) is 54.4 Å². The molecule has 2 N–H and O–H groups in total. The fourth-order valence-electron chi connectivity index (χ4n) is 4.83. The Bertz CT molecular complexity index is 1260. The first-order valence-electron chi connectivity index (χ1n) is 11.4. The van der Waals surface area contributed by atoms with Gasteiger partial charge in [-0.05, 0) is 54.2 Å². The maximum absolute atomic E-state index is 13.5. The summed E-state index contributed by atoms with van der Waals surface area (Å²) in [6.07, 6.45) is -1.11. The smallest absolute Gasteiger partial charge is 0.345 e. The average Bonchev–Trinajstić information content (AvgIpc) is 3.27. The van der Waals surface area contributed by atoms with Crippen molar-refractivity contribution < 1.29 is 22.4 Å². The van der Waals surface area contributed by atoms with E-state index in [0.29, 0.717) is 11.6 Å². The number of nitrogens with zero attached hydrogens (tertiary/aromatic N) is 2. The maximum atomic E-state index is 13.5. The molecule has 0 radical (unpaired) electrons. The van der Waals surface area contributed by atoms with Crippen molar-refractivity contribution in [2.75, 3.05) is 13.1 Å². The van der Waals surface area contributed by atoms with Crippen LogP contribution in [0.2, 0.25) is 0 Å². The second kappa shape index (κ2) is 8.64. The number of aromatic nitrogens is 2. The van der Waals surface area contributed by atoms with Crippen molar-refractivity contribution >= 4 is 11.5 Å². The van der Waals surface area contributed by atoms with Crippen molar-refractivity contribution in [1.82, 2.24) is 20.4 Å². The number of amides is 1. The van der Waals surface area contributed by atoms with Crippen LogP contribution in [-0.2, 0) is 6.30 Å². The lowest BCUT2D eigenvalue weighted by atomic mass is 9.60. The van der Waals surface area contributed by atoms with E-state index in [4.69, 9.17) is 0 Å². The highest BCUT2D eigenvalue weighted by atomic mass is 19.4. The molecule has 1 aliphatic heterocycles. The molecule has 0 unspecified atom stereocenters. The summed E-state index contributed by atoms with van der Waals surface area (Å²) in [6, 6.07) is 13.8. The van der Waals surface area contributed by atoms with Crippen LogP contribution in [0.25, 0.3) is 5.57 Å². The summed E-state index contributed by atoms with van der Waals surface area (Å²) < 4.78 is 51.5. The van der Waals surface area contributed by atoms with Gasteiger partial charge >= 0.3 is 6.30 Å². The first kappa shape index (κ1) is 23.3. The van der Waals surface area contributed by atoms with Gasteiger partial charge in [-0.15, -0.1) is 13.2 Å². The monoisotopic (exact) mass is 484 g/mol. The Hall–Kier alpha value is -3.46. The molecule has 2 aromatic carbocycles. The molecule has 5 nitrogen and oxygen atoms in total. The van der Waals surface area contributed by atoms with E-state index in [2.05, 4.69) is 15.7 Å². The topological polar surface area (TPSA) is 59.0 Å². The molecule has 3 aromatic rings. The van der Waals surface area contributed by atoms with Crippen LogP contribution in [0.5, 0.6) is 0 Å². The van der Waals surface area contributed by atoms with Crippen molar-refractivity contribution in [3.63, 3.8) is 0 Å². The minimum absolute atomic E-state index is 0.168. The Labute approximate surface area is 199 Å². The van der Waals surface area contributed by atoms with Gasteiger partial charge in [0.2, 0.25) is 0 Å². The Morgan fingerprint density at radius 3 is 2.14 bits per heavy atom. The third kappa shape index (κ3) is 4.60. The number of carbonyl (C=O) groups excluding carboxylic acids is 1. The molecule has 1 saturated carbocycles. The van der Waals surface area contributed by atoms with Crippen LogP contribution in [0.3, 0.4) is 0 Å². The molecule has 182 valence electrons. The van der Waals surface area contributed by atoms with Crippen LogP contribution in [0.15, 0.2) is 66.5 Å². The number of rotatable bonds is 5. The number of allylic oxidation sites excluding steroid dienone is 1. The molecule has 1 atom stereocenters. The molecular formula is C26H24F4N4O. The molecular weight excluding hydrogens is 460 g/mol. The highest BCUT2D eigenvalue weighted by molar-refractivity contribution is 5.94. The van der Waals surface area contributed by atoms with Gasteiger partial charge in [0.05, 0.1) is 17.8 Å². The van der Waals surface area contributed by atoms with Gasteiger partial charge in [0, 0.05) is 24.7 Å². The lowest BCUT2D eigenvalue weighted by Crippen LogP contribution is -2.58. The molecule has 2 aliphatic rings. The zero-order valence-corrected chi connectivity index (χ0v) is 19.0. The molecule has 9 heteroatoms. The third-order valence-electron chi connectivity index (χ3n) is 6.81. The van der Waals surface area contributed by atoms with Gasteiger partial charge in [-0.3, -0.25) is 4.79 Å². The van der Waals surface area contributed by atoms with Crippen molar-refractivity contribution in [2.45, 2.75) is 32.1 Å². The highest BCUT2D eigenvalue weighted by Crippen LogP contribution is 2.51. The number of benzene rings is 2. The Balaban J connectivity index is 1.34. The summed E-state index contributed by atoms with van der Waals surface area (Å²) in [7, 11) is 0. The SMILES string of the molecule is C[C@@H](NC(=O)c1cnn(C(F)(F)F)c1)c1ccc(C(=C2CC3(CNC3)C2)c2ccc(F)cc2)cc1. The molecule has 0 bridgehead atoms. The largest absolute Gasteiger partial charge is 0.504 e. The average molecular weight is 484 g/mol. The minimum Gasteiger partial charge on any atom is -0.345 e. The van der Waals surface area contributed by atoms with Crippen molar-refractivity contribution in [2.24, 2.45) is 5.41 Å². The number of hydrogen-bond donors (Lipinski definition) is 2. The zero-order valence-electron chi connectivity index (χ0n) is 19.0. The molecule has 5 rings (SSSR count). The summed E-state index contributed by atoms with van der Waals surface area (Å²) in [5.41, 5.74) is 5.39. The van der Waals surface area contributed by atoms with Gasteiger partial charge in [-0.2, -0.15) is 9.78 Å². The van der Waals surface area contributed by atoms with Crippen LogP contribution in [0, 0.1) is 11.2 Å². The van der Waals surface area contributed by atoms with Gasteiger partial charge in [0.25, 0.3) is 5.91 Å². The third-order valence-corrected chi connectivity index (χ3v) is 6.81. The molecule has 1 amide bonds. The van der Waals surface area contributed by atoms with Crippen LogP contribution in [-0.4, -0.2) is 28.8 Å². The predicted octanol–water partition coefficient (Wildman–Crippen LogP) is 5.17. The zero-order chi connectivity index (χ0) is 24.8. The van der Waals surface area contributed by atoms with Crippen LogP contribution >= 0.6 is 0 Å². The van der Waals surface area contributed by atoms with Crippen LogP contribution in [0.4, 0.5) is 17.6 Å². The predicted molar refractivity (Wildman–Crippen MR) is 123 cm³/mol. The van der Waals surface area contributed by atoms with E-state index in [1.807, 2.05) is 24.3 Å². The fraction of sp³-hybridized carbons (Fsp3) is 0.308. The molecule has 1 spiro atoms. The summed E-state index contributed by atoms with van der Waals surface area (Å²) >= 11 is 0. The fourth-order valence-corrected chi connectivity index (χ4v) is 4.83. The van der Waals surface area contributed by atoms with Crippen molar-refractivity contribution in [3.8, 4) is 0 Å².